The Hall–Kier alpha value is -3.16. The average Bonchev–Trinajstić information content (AvgIpc) is 3.22. The summed E-state index contributed by atoms with van der Waals surface area (Å²) < 4.78 is 11.4. The number of halogens is 1. The van der Waals surface area contributed by atoms with Gasteiger partial charge in [0.15, 0.2) is 17.8 Å². The van der Waals surface area contributed by atoms with Gasteiger partial charge < -0.3 is 19.8 Å². The van der Waals surface area contributed by atoms with E-state index in [1.165, 1.54) is 23.1 Å². The number of benzene rings is 2. The normalized spacial score (nSPS) is 14.0. The smallest absolute Gasteiger partial charge is 0.258 e. The van der Waals surface area contributed by atoms with Crippen LogP contribution in [0.4, 0.5) is 5.82 Å². The number of aromatic nitrogens is 3. The zero-order chi connectivity index (χ0) is 21.5. The van der Waals surface area contributed by atoms with Crippen molar-refractivity contribution >= 4 is 28.5 Å². The molecule has 1 aliphatic rings. The fourth-order valence-corrected chi connectivity index (χ4v) is 4.27. The number of ether oxygens (including phenoxy) is 1. The molecule has 0 unspecified atom stereocenters. The van der Waals surface area contributed by atoms with E-state index in [1.807, 2.05) is 0 Å². The molecule has 31 heavy (non-hydrogen) atoms. The molecule has 158 valence electrons. The van der Waals surface area contributed by atoms with Gasteiger partial charge in [-0.3, -0.25) is 0 Å². The monoisotopic (exact) mass is 435 g/mol. The molecule has 0 fully saturated rings. The highest BCUT2D eigenvalue weighted by Gasteiger charge is 2.18. The molecule has 7 nitrogen and oxygen atoms in total. The van der Waals surface area contributed by atoms with E-state index in [2.05, 4.69) is 46.0 Å². The van der Waals surface area contributed by atoms with Crippen LogP contribution in [-0.2, 0) is 19.6 Å². The molecular formula is C23H22ClN5O2. The Labute approximate surface area is 184 Å². The molecule has 0 bridgehead atoms. The molecule has 4 aromatic rings. The first-order valence-electron chi connectivity index (χ1n) is 10.1. The van der Waals surface area contributed by atoms with Crippen LogP contribution in [0.2, 0.25) is 5.02 Å². The third-order valence-electron chi connectivity index (χ3n) is 5.71. The van der Waals surface area contributed by atoms with Crippen molar-refractivity contribution < 1.29 is 9.15 Å². The summed E-state index contributed by atoms with van der Waals surface area (Å²) in [5, 5.41) is 0.529. The van der Waals surface area contributed by atoms with E-state index < -0.39 is 0 Å². The van der Waals surface area contributed by atoms with E-state index in [9.17, 15) is 0 Å². The van der Waals surface area contributed by atoms with Crippen LogP contribution in [0.3, 0.4) is 0 Å². The first-order chi connectivity index (χ1) is 15.0. The highest BCUT2D eigenvalue weighted by Crippen LogP contribution is 2.31. The summed E-state index contributed by atoms with van der Waals surface area (Å²) in [5.74, 6) is 0.483. The largest absolute Gasteiger partial charge is 0.470 e. The van der Waals surface area contributed by atoms with Crippen molar-refractivity contribution in [2.24, 2.45) is 0 Å². The number of likely N-dealkylation sites (N-methyl/N-ethyl adjacent to an activating group) is 1. The number of nitrogen functional groups attached to an aromatic ring is 1. The van der Waals surface area contributed by atoms with Crippen LogP contribution < -0.4 is 10.5 Å². The van der Waals surface area contributed by atoms with Crippen molar-refractivity contribution in [3.05, 3.63) is 64.1 Å². The average molecular weight is 436 g/mol. The highest BCUT2D eigenvalue weighted by molar-refractivity contribution is 6.32. The Morgan fingerprint density at radius 1 is 1.26 bits per heavy atom. The van der Waals surface area contributed by atoms with Gasteiger partial charge >= 0.3 is 0 Å². The van der Waals surface area contributed by atoms with Crippen LogP contribution in [0, 0.1) is 6.92 Å². The first kappa shape index (κ1) is 19.8. The van der Waals surface area contributed by atoms with Gasteiger partial charge in [0.05, 0.1) is 22.5 Å². The molecule has 0 spiro atoms. The summed E-state index contributed by atoms with van der Waals surface area (Å²) in [4.78, 5) is 15.4. The van der Waals surface area contributed by atoms with Crippen LogP contribution >= 0.6 is 11.6 Å². The zero-order valence-corrected chi connectivity index (χ0v) is 18.1. The van der Waals surface area contributed by atoms with E-state index in [-0.39, 0.29) is 18.3 Å². The fraction of sp³-hybridized carbons (Fsp3) is 0.261. The van der Waals surface area contributed by atoms with E-state index in [0.717, 1.165) is 25.1 Å². The Balaban J connectivity index is 1.46. The minimum absolute atomic E-state index is 0.141. The SMILES string of the molecule is Cc1cc(-c2cnc(N)c(OCc3c(Cl)ccc4ncoc34)n2)cc2c1CCN(C)C2. The van der Waals surface area contributed by atoms with Crippen molar-refractivity contribution in [3.8, 4) is 17.1 Å². The van der Waals surface area contributed by atoms with Gasteiger partial charge in [-0.25, -0.2) is 15.0 Å². The third-order valence-corrected chi connectivity index (χ3v) is 6.06. The number of oxazole rings is 1. The summed E-state index contributed by atoms with van der Waals surface area (Å²) in [6.45, 7) is 4.29. The van der Waals surface area contributed by atoms with Gasteiger partial charge in [0.2, 0.25) is 0 Å². The Bertz CT molecular complexity index is 1290. The summed E-state index contributed by atoms with van der Waals surface area (Å²) >= 11 is 6.35. The van der Waals surface area contributed by atoms with Crippen LogP contribution in [0.15, 0.2) is 41.3 Å². The Kier molecular flexibility index (Phi) is 5.00. The molecule has 0 radical (unpaired) electrons. The number of hydrogen-bond donors (Lipinski definition) is 1. The second-order valence-electron chi connectivity index (χ2n) is 7.88. The fourth-order valence-electron chi connectivity index (χ4n) is 4.07. The minimum Gasteiger partial charge on any atom is -0.470 e. The van der Waals surface area contributed by atoms with Crippen LogP contribution in [0.1, 0.15) is 22.3 Å². The minimum atomic E-state index is 0.141. The molecule has 0 aliphatic carbocycles. The van der Waals surface area contributed by atoms with Gasteiger partial charge in [-0.05, 0) is 61.3 Å². The van der Waals surface area contributed by atoms with Gasteiger partial charge in [0.1, 0.15) is 12.1 Å². The van der Waals surface area contributed by atoms with Gasteiger partial charge in [-0.2, -0.15) is 0 Å². The molecule has 0 saturated heterocycles. The van der Waals surface area contributed by atoms with Gasteiger partial charge in [-0.15, -0.1) is 0 Å². The van der Waals surface area contributed by atoms with Crippen molar-refractivity contribution in [1.29, 1.82) is 0 Å². The molecule has 8 heteroatoms. The molecule has 2 aromatic carbocycles. The van der Waals surface area contributed by atoms with Gasteiger partial charge in [-0.1, -0.05) is 11.6 Å². The number of aryl methyl sites for hydroxylation is 1. The maximum Gasteiger partial charge on any atom is 0.258 e. The van der Waals surface area contributed by atoms with Gasteiger partial charge in [0.25, 0.3) is 5.88 Å². The van der Waals surface area contributed by atoms with Crippen LogP contribution in [0.5, 0.6) is 5.88 Å². The number of fused-ring (bicyclic) bond motifs is 2. The lowest BCUT2D eigenvalue weighted by atomic mass is 9.92. The van der Waals surface area contributed by atoms with Crippen molar-refractivity contribution in [3.63, 3.8) is 0 Å². The van der Waals surface area contributed by atoms with Crippen molar-refractivity contribution in [2.45, 2.75) is 26.5 Å². The number of nitrogens with zero attached hydrogens (tertiary/aromatic N) is 4. The number of rotatable bonds is 4. The summed E-state index contributed by atoms with van der Waals surface area (Å²) in [5.41, 5.74) is 13.8. The zero-order valence-electron chi connectivity index (χ0n) is 17.4. The van der Waals surface area contributed by atoms with E-state index in [4.69, 9.17) is 26.5 Å². The van der Waals surface area contributed by atoms with Crippen molar-refractivity contribution in [1.82, 2.24) is 19.9 Å². The van der Waals surface area contributed by atoms with E-state index >= 15 is 0 Å². The summed E-state index contributed by atoms with van der Waals surface area (Å²) in [7, 11) is 2.14. The number of nitrogens with two attached hydrogens (primary N) is 1. The standard InChI is InChI=1S/C23H22ClN5O2/c1-13-7-14(8-15-10-29(2)6-5-16(13)15)20-9-26-22(25)23(28-20)30-11-17-18(24)3-4-19-21(17)31-12-27-19/h3-4,7-9,12H,5-6,10-11H2,1-2H3,(H2,25,26). The lowest BCUT2D eigenvalue weighted by Crippen LogP contribution is -2.27. The van der Waals surface area contributed by atoms with Crippen LogP contribution in [0.25, 0.3) is 22.4 Å². The predicted octanol–water partition coefficient (Wildman–Crippen LogP) is 4.40. The quantitative estimate of drug-likeness (QED) is 0.508. The first-order valence-corrected chi connectivity index (χ1v) is 10.4. The number of hydrogen-bond acceptors (Lipinski definition) is 7. The van der Waals surface area contributed by atoms with Gasteiger partial charge in [0, 0.05) is 18.7 Å². The van der Waals surface area contributed by atoms with E-state index in [0.29, 0.717) is 27.4 Å². The molecule has 0 amide bonds. The Morgan fingerprint density at radius 2 is 2.13 bits per heavy atom. The third kappa shape index (κ3) is 3.71. The highest BCUT2D eigenvalue weighted by atomic mass is 35.5. The molecule has 3 heterocycles. The Morgan fingerprint density at radius 3 is 3.00 bits per heavy atom. The lowest BCUT2D eigenvalue weighted by Gasteiger charge is -2.27. The second kappa shape index (κ2) is 7.83. The van der Waals surface area contributed by atoms with E-state index in [1.54, 1.807) is 18.3 Å². The molecule has 2 N–H and O–H groups in total. The molecule has 1 aliphatic heterocycles. The van der Waals surface area contributed by atoms with Crippen LogP contribution in [-0.4, -0.2) is 33.4 Å². The topological polar surface area (TPSA) is 90.3 Å². The maximum absolute atomic E-state index is 6.35. The maximum atomic E-state index is 6.35. The molecular weight excluding hydrogens is 414 g/mol. The summed E-state index contributed by atoms with van der Waals surface area (Å²) in [6.07, 6.45) is 4.13. The molecule has 0 saturated carbocycles. The van der Waals surface area contributed by atoms with Crippen molar-refractivity contribution in [2.75, 3.05) is 19.3 Å². The molecule has 0 atom stereocenters. The second-order valence-corrected chi connectivity index (χ2v) is 8.29. The lowest BCUT2D eigenvalue weighted by molar-refractivity contribution is 0.295. The molecule has 2 aromatic heterocycles. The summed E-state index contributed by atoms with van der Waals surface area (Å²) in [6, 6.07) is 7.91. The molecule has 5 rings (SSSR count). The number of anilines is 1. The predicted molar refractivity (Wildman–Crippen MR) is 120 cm³/mol.